The van der Waals surface area contributed by atoms with Crippen molar-refractivity contribution < 1.29 is 14.2 Å². The molecule has 1 aliphatic carbocycles. The van der Waals surface area contributed by atoms with Crippen LogP contribution in [0.1, 0.15) is 11.8 Å². The number of nitrogens with two attached hydrogens (primary N) is 2. The SMILES string of the molecule is Cc1cn([C@@H]2O[C@@H]3C(O)[C@]3(N)[C@H]2F)c(=O)nc1N. The quantitative estimate of drug-likeness (QED) is 0.559. The van der Waals surface area contributed by atoms with Crippen LogP contribution in [-0.2, 0) is 4.74 Å². The molecule has 1 saturated carbocycles. The number of fused-ring (bicyclic) bond motifs is 1. The van der Waals surface area contributed by atoms with Crippen molar-refractivity contribution in [3.05, 3.63) is 22.2 Å². The number of rotatable bonds is 1. The van der Waals surface area contributed by atoms with E-state index in [1.54, 1.807) is 6.92 Å². The van der Waals surface area contributed by atoms with Crippen molar-refractivity contribution in [2.45, 2.75) is 37.1 Å². The second-order valence-corrected chi connectivity index (χ2v) is 4.79. The predicted molar refractivity (Wildman–Crippen MR) is 59.4 cm³/mol. The largest absolute Gasteiger partial charge is 0.388 e. The molecule has 98 valence electrons. The Bertz CT molecular complexity index is 577. The zero-order valence-corrected chi connectivity index (χ0v) is 9.58. The first kappa shape index (κ1) is 11.6. The molecule has 3 rings (SSSR count). The van der Waals surface area contributed by atoms with Crippen molar-refractivity contribution in [1.29, 1.82) is 0 Å². The average molecular weight is 256 g/mol. The van der Waals surface area contributed by atoms with Gasteiger partial charge in [-0.3, -0.25) is 4.57 Å². The second-order valence-electron chi connectivity index (χ2n) is 4.79. The van der Waals surface area contributed by atoms with Crippen molar-refractivity contribution in [1.82, 2.24) is 9.55 Å². The first-order valence-corrected chi connectivity index (χ1v) is 5.49. The van der Waals surface area contributed by atoms with Crippen molar-refractivity contribution in [3.8, 4) is 0 Å². The van der Waals surface area contributed by atoms with Gasteiger partial charge in [-0.15, -0.1) is 0 Å². The number of aliphatic hydroxyl groups excluding tert-OH is 1. The van der Waals surface area contributed by atoms with E-state index in [2.05, 4.69) is 4.98 Å². The summed E-state index contributed by atoms with van der Waals surface area (Å²) < 4.78 is 20.4. The van der Waals surface area contributed by atoms with E-state index in [1.165, 1.54) is 6.20 Å². The molecule has 0 radical (unpaired) electrons. The first-order chi connectivity index (χ1) is 8.37. The van der Waals surface area contributed by atoms with Gasteiger partial charge in [-0.1, -0.05) is 0 Å². The maximum absolute atomic E-state index is 14.1. The van der Waals surface area contributed by atoms with Gasteiger partial charge in [0.25, 0.3) is 0 Å². The molecule has 2 fully saturated rings. The standard InChI is InChI=1S/C10H13FN4O3/c1-3-2-15(9(17)14-7(3)12)8-4(11)10(13)5(16)6(10)18-8/h2,4-6,8,16H,13H2,1H3,(H2,12,14,17)/t4-,5?,6+,8+,10+/m0/s1. The van der Waals surface area contributed by atoms with Crippen LogP contribution in [-0.4, -0.2) is 38.6 Å². The zero-order chi connectivity index (χ0) is 13.2. The van der Waals surface area contributed by atoms with Gasteiger partial charge in [-0.2, -0.15) is 4.98 Å². The van der Waals surface area contributed by atoms with Crippen molar-refractivity contribution in [3.63, 3.8) is 0 Å². The number of aromatic nitrogens is 2. The van der Waals surface area contributed by atoms with E-state index in [-0.39, 0.29) is 5.82 Å². The number of hydrogen-bond donors (Lipinski definition) is 3. The maximum atomic E-state index is 14.1. The third-order valence-electron chi connectivity index (χ3n) is 3.64. The lowest BCUT2D eigenvalue weighted by Crippen LogP contribution is -2.43. The van der Waals surface area contributed by atoms with Gasteiger partial charge in [0.2, 0.25) is 0 Å². The zero-order valence-electron chi connectivity index (χ0n) is 9.58. The highest BCUT2D eigenvalue weighted by Gasteiger charge is 2.76. The molecule has 1 saturated heterocycles. The Kier molecular flexibility index (Phi) is 2.11. The van der Waals surface area contributed by atoms with E-state index in [4.69, 9.17) is 16.2 Å². The molecule has 1 aromatic rings. The molecule has 5 N–H and O–H groups in total. The third kappa shape index (κ3) is 1.22. The number of aryl methyl sites for hydroxylation is 1. The van der Waals surface area contributed by atoms with Gasteiger partial charge in [0.1, 0.15) is 23.6 Å². The van der Waals surface area contributed by atoms with E-state index < -0.39 is 35.8 Å². The minimum Gasteiger partial charge on any atom is -0.388 e. The maximum Gasteiger partial charge on any atom is 0.351 e. The summed E-state index contributed by atoms with van der Waals surface area (Å²) >= 11 is 0. The van der Waals surface area contributed by atoms with Crippen LogP contribution >= 0.6 is 0 Å². The van der Waals surface area contributed by atoms with Crippen LogP contribution in [0.3, 0.4) is 0 Å². The summed E-state index contributed by atoms with van der Waals surface area (Å²) in [6.45, 7) is 1.65. The lowest BCUT2D eigenvalue weighted by molar-refractivity contribution is -0.0472. The second kappa shape index (κ2) is 3.28. The van der Waals surface area contributed by atoms with Gasteiger partial charge in [0.05, 0.1) is 0 Å². The Labute approximate surface area is 101 Å². The van der Waals surface area contributed by atoms with Crippen LogP contribution < -0.4 is 17.2 Å². The molecule has 0 bridgehead atoms. The number of nitrogens with zero attached hydrogens (tertiary/aromatic N) is 2. The normalized spacial score (nSPS) is 41.8. The smallest absolute Gasteiger partial charge is 0.351 e. The summed E-state index contributed by atoms with van der Waals surface area (Å²) in [5.41, 5.74) is 9.58. The van der Waals surface area contributed by atoms with Gasteiger partial charge in [-0.25, -0.2) is 9.18 Å². The summed E-state index contributed by atoms with van der Waals surface area (Å²) in [6, 6.07) is 0. The van der Waals surface area contributed by atoms with Crippen LogP contribution in [0.25, 0.3) is 0 Å². The number of halogens is 1. The van der Waals surface area contributed by atoms with Crippen LogP contribution in [0.4, 0.5) is 10.2 Å². The Morgan fingerprint density at radius 1 is 1.67 bits per heavy atom. The molecule has 0 spiro atoms. The molecule has 2 aliphatic rings. The molecule has 1 aliphatic heterocycles. The number of hydrogen-bond acceptors (Lipinski definition) is 6. The average Bonchev–Trinajstić information content (AvgIpc) is 2.70. The highest BCUT2D eigenvalue weighted by molar-refractivity contribution is 5.35. The summed E-state index contributed by atoms with van der Waals surface area (Å²) in [5, 5.41) is 9.40. The Hall–Kier alpha value is -1.51. The number of ether oxygens (including phenoxy) is 1. The Morgan fingerprint density at radius 2 is 2.33 bits per heavy atom. The van der Waals surface area contributed by atoms with Crippen molar-refractivity contribution >= 4 is 5.82 Å². The van der Waals surface area contributed by atoms with Gasteiger partial charge in [0.15, 0.2) is 12.4 Å². The van der Waals surface area contributed by atoms with Gasteiger partial charge >= 0.3 is 5.69 Å². The minimum atomic E-state index is -1.67. The van der Waals surface area contributed by atoms with E-state index >= 15 is 0 Å². The summed E-state index contributed by atoms with van der Waals surface area (Å²) in [4.78, 5) is 15.2. The lowest BCUT2D eigenvalue weighted by Gasteiger charge is -2.21. The first-order valence-electron chi connectivity index (χ1n) is 5.49. The van der Waals surface area contributed by atoms with Crippen LogP contribution in [0.2, 0.25) is 0 Å². The van der Waals surface area contributed by atoms with Gasteiger partial charge in [0, 0.05) is 11.8 Å². The van der Waals surface area contributed by atoms with Crippen molar-refractivity contribution in [2.75, 3.05) is 5.73 Å². The summed E-state index contributed by atoms with van der Waals surface area (Å²) in [7, 11) is 0. The third-order valence-corrected chi connectivity index (χ3v) is 3.64. The van der Waals surface area contributed by atoms with Crippen LogP contribution in [0.5, 0.6) is 0 Å². The molecule has 1 aromatic heterocycles. The minimum absolute atomic E-state index is 0.0947. The fourth-order valence-electron chi connectivity index (χ4n) is 2.32. The molecule has 5 atom stereocenters. The number of alkyl halides is 1. The van der Waals surface area contributed by atoms with Gasteiger partial charge in [-0.05, 0) is 6.92 Å². The molecule has 2 heterocycles. The lowest BCUT2D eigenvalue weighted by atomic mass is 10.1. The topological polar surface area (TPSA) is 116 Å². The number of anilines is 1. The highest BCUT2D eigenvalue weighted by atomic mass is 19.1. The van der Waals surface area contributed by atoms with Crippen LogP contribution in [0.15, 0.2) is 11.0 Å². The fraction of sp³-hybridized carbons (Fsp3) is 0.600. The highest BCUT2D eigenvalue weighted by Crippen LogP contribution is 2.52. The summed E-state index contributed by atoms with van der Waals surface area (Å²) in [5.74, 6) is 0.0947. The molecule has 0 amide bonds. The molecule has 0 aromatic carbocycles. The van der Waals surface area contributed by atoms with E-state index in [0.717, 1.165) is 4.57 Å². The van der Waals surface area contributed by atoms with Gasteiger partial charge < -0.3 is 21.3 Å². The molecule has 18 heavy (non-hydrogen) atoms. The van der Waals surface area contributed by atoms with E-state index in [1.807, 2.05) is 0 Å². The van der Waals surface area contributed by atoms with E-state index in [0.29, 0.717) is 5.56 Å². The van der Waals surface area contributed by atoms with E-state index in [9.17, 15) is 14.3 Å². The monoisotopic (exact) mass is 256 g/mol. The van der Waals surface area contributed by atoms with Crippen molar-refractivity contribution in [2.24, 2.45) is 5.73 Å². The van der Waals surface area contributed by atoms with Crippen LogP contribution in [0, 0.1) is 6.92 Å². The Morgan fingerprint density at radius 3 is 2.89 bits per heavy atom. The molecular weight excluding hydrogens is 243 g/mol. The Balaban J connectivity index is 1.99. The number of aliphatic hydroxyl groups is 1. The molecule has 7 nitrogen and oxygen atoms in total. The summed E-state index contributed by atoms with van der Waals surface area (Å²) in [6.07, 6.45) is -3.25. The molecular formula is C10H13FN4O3. The predicted octanol–water partition coefficient (Wildman–Crippen LogP) is -1.56. The number of nitrogen functional groups attached to an aromatic ring is 1. The fourth-order valence-corrected chi connectivity index (χ4v) is 2.32. The molecule has 1 unspecified atom stereocenters. The molecule has 8 heteroatoms.